The highest BCUT2D eigenvalue weighted by atomic mass is 15.0. The summed E-state index contributed by atoms with van der Waals surface area (Å²) in [5, 5.41) is 1.08. The van der Waals surface area contributed by atoms with E-state index in [0.717, 1.165) is 50.4 Å². The van der Waals surface area contributed by atoms with Crippen LogP contribution in [0.15, 0.2) is 139 Å². The first-order valence-corrected chi connectivity index (χ1v) is 11.7. The molecule has 2 heterocycles. The van der Waals surface area contributed by atoms with Crippen LogP contribution in [0.1, 0.15) is 5.56 Å². The maximum Gasteiger partial charge on any atom is 0.0703 e. The zero-order valence-electron chi connectivity index (χ0n) is 19.1. The maximum absolute atomic E-state index is 4.89. The average molecular weight is 450 g/mol. The largest absolute Gasteiger partial charge is 0.309 e. The molecule has 3 heteroatoms. The van der Waals surface area contributed by atoms with Crippen molar-refractivity contribution in [3.8, 4) is 28.2 Å². The quantitative estimate of drug-likeness (QED) is 0.244. The van der Waals surface area contributed by atoms with Crippen LogP contribution in [-0.2, 0) is 0 Å². The Kier molecular flexibility index (Phi) is 5.50. The van der Waals surface area contributed by atoms with Gasteiger partial charge in [0.1, 0.15) is 0 Å². The molecule has 6 aromatic rings. The summed E-state index contributed by atoms with van der Waals surface area (Å²) in [6.45, 7) is 0. The third-order valence-corrected chi connectivity index (χ3v) is 6.10. The highest BCUT2D eigenvalue weighted by molar-refractivity contribution is 5.95. The van der Waals surface area contributed by atoms with Crippen molar-refractivity contribution < 1.29 is 0 Å². The highest BCUT2D eigenvalue weighted by Gasteiger charge is 2.18. The van der Waals surface area contributed by atoms with Gasteiger partial charge in [0, 0.05) is 29.0 Å². The van der Waals surface area contributed by atoms with E-state index in [-0.39, 0.29) is 0 Å². The Hall–Kier alpha value is -4.76. The van der Waals surface area contributed by atoms with Crippen molar-refractivity contribution in [1.82, 2.24) is 9.55 Å². The molecule has 0 saturated carbocycles. The molecule has 2 aromatic heterocycles. The molecule has 0 bridgehead atoms. The first-order chi connectivity index (χ1) is 17.4. The van der Waals surface area contributed by atoms with Crippen molar-refractivity contribution in [3.63, 3.8) is 0 Å². The smallest absolute Gasteiger partial charge is 0.0703 e. The van der Waals surface area contributed by atoms with Gasteiger partial charge in [0.25, 0.3) is 0 Å². The van der Waals surface area contributed by atoms with Crippen LogP contribution in [0.5, 0.6) is 0 Å². The molecule has 0 amide bonds. The summed E-state index contributed by atoms with van der Waals surface area (Å²) in [4.78, 5) is 9.31. The number of hydrogen-bond acceptors (Lipinski definition) is 2. The number of pyridine rings is 1. The maximum atomic E-state index is 4.89. The fourth-order valence-corrected chi connectivity index (χ4v) is 4.47. The van der Waals surface area contributed by atoms with Gasteiger partial charge in [0.15, 0.2) is 0 Å². The summed E-state index contributed by atoms with van der Waals surface area (Å²) in [5.41, 5.74) is 8.58. The molecule has 0 spiro atoms. The number of rotatable bonds is 5. The zero-order valence-corrected chi connectivity index (χ0v) is 19.1. The lowest BCUT2D eigenvalue weighted by molar-refractivity contribution is 1.09. The molecule has 0 atom stereocenters. The second-order valence-corrected chi connectivity index (χ2v) is 8.38. The van der Waals surface area contributed by atoms with E-state index < -0.39 is 0 Å². The second kappa shape index (κ2) is 9.24. The van der Waals surface area contributed by atoms with E-state index in [1.807, 2.05) is 48.8 Å². The lowest BCUT2D eigenvalue weighted by Crippen LogP contribution is -2.00. The van der Waals surface area contributed by atoms with Crippen molar-refractivity contribution >= 4 is 22.8 Å². The molecule has 0 N–H and O–H groups in total. The summed E-state index contributed by atoms with van der Waals surface area (Å²) in [6, 6.07) is 43.9. The predicted molar refractivity (Wildman–Crippen MR) is 146 cm³/mol. The average Bonchev–Trinajstić information content (AvgIpc) is 3.33. The van der Waals surface area contributed by atoms with Gasteiger partial charge in [-0.1, -0.05) is 84.9 Å². The minimum atomic E-state index is 0.901. The standard InChI is InChI=1S/C32H23N3/c1-4-11-24(12-5-1)31-22-27(23-34-28-18-19-30-26(21-28)15-10-20-33-30)32(25-13-6-2-7-14-25)35(31)29-16-8-3-9-17-29/h1-23H. The normalized spacial score (nSPS) is 11.3. The Morgan fingerprint density at radius 3 is 2.06 bits per heavy atom. The van der Waals surface area contributed by atoms with E-state index in [0.29, 0.717) is 0 Å². The zero-order chi connectivity index (χ0) is 23.5. The number of nitrogens with zero attached hydrogens (tertiary/aromatic N) is 3. The van der Waals surface area contributed by atoms with E-state index in [1.165, 1.54) is 0 Å². The van der Waals surface area contributed by atoms with Crippen LogP contribution in [-0.4, -0.2) is 15.8 Å². The van der Waals surface area contributed by atoms with Crippen LogP contribution in [0.2, 0.25) is 0 Å². The van der Waals surface area contributed by atoms with E-state index in [4.69, 9.17) is 4.99 Å². The molecular formula is C32H23N3. The van der Waals surface area contributed by atoms with Crippen LogP contribution in [0.3, 0.4) is 0 Å². The van der Waals surface area contributed by atoms with Crippen LogP contribution >= 0.6 is 0 Å². The molecule has 0 aliphatic heterocycles. The van der Waals surface area contributed by atoms with E-state index in [2.05, 4.69) is 101 Å². The summed E-state index contributed by atoms with van der Waals surface area (Å²) in [5.74, 6) is 0. The lowest BCUT2D eigenvalue weighted by Gasteiger charge is -2.15. The van der Waals surface area contributed by atoms with Gasteiger partial charge in [-0.05, 0) is 53.6 Å². The van der Waals surface area contributed by atoms with E-state index >= 15 is 0 Å². The number of hydrogen-bond donors (Lipinski definition) is 0. The molecule has 0 radical (unpaired) electrons. The molecule has 0 aliphatic carbocycles. The molecule has 166 valence electrons. The van der Waals surface area contributed by atoms with Gasteiger partial charge in [-0.2, -0.15) is 0 Å². The van der Waals surface area contributed by atoms with Crippen LogP contribution in [0.25, 0.3) is 39.1 Å². The number of fused-ring (bicyclic) bond motifs is 1. The van der Waals surface area contributed by atoms with Gasteiger partial charge < -0.3 is 4.57 Å². The van der Waals surface area contributed by atoms with Gasteiger partial charge in [0.2, 0.25) is 0 Å². The fraction of sp³-hybridized carbons (Fsp3) is 0. The first kappa shape index (κ1) is 20.8. The van der Waals surface area contributed by atoms with Crippen molar-refractivity contribution in [2.75, 3.05) is 0 Å². The Bertz CT molecular complexity index is 1620. The summed E-state index contributed by atoms with van der Waals surface area (Å²) < 4.78 is 2.33. The van der Waals surface area contributed by atoms with E-state index in [1.54, 1.807) is 0 Å². The molecule has 6 rings (SSSR count). The minimum absolute atomic E-state index is 0.901. The third-order valence-electron chi connectivity index (χ3n) is 6.10. The molecule has 35 heavy (non-hydrogen) atoms. The summed E-state index contributed by atoms with van der Waals surface area (Å²) in [7, 11) is 0. The number of benzene rings is 4. The predicted octanol–water partition coefficient (Wildman–Crippen LogP) is 8.11. The Morgan fingerprint density at radius 1 is 0.629 bits per heavy atom. The minimum Gasteiger partial charge on any atom is -0.309 e. The van der Waals surface area contributed by atoms with Gasteiger partial charge in [-0.15, -0.1) is 0 Å². The molecule has 3 nitrogen and oxygen atoms in total. The Morgan fingerprint density at radius 2 is 1.31 bits per heavy atom. The van der Waals surface area contributed by atoms with Crippen LogP contribution in [0.4, 0.5) is 5.69 Å². The van der Waals surface area contributed by atoms with Gasteiger partial charge in [-0.25, -0.2) is 0 Å². The van der Waals surface area contributed by atoms with Gasteiger partial charge in [-0.3, -0.25) is 9.98 Å². The van der Waals surface area contributed by atoms with Crippen molar-refractivity contribution in [3.05, 3.63) is 139 Å². The number of aliphatic imine (C=N–C) groups is 1. The Balaban J connectivity index is 1.57. The second-order valence-electron chi connectivity index (χ2n) is 8.38. The molecule has 0 aliphatic rings. The number of aromatic nitrogens is 2. The summed E-state index contributed by atoms with van der Waals surface area (Å²) >= 11 is 0. The molecule has 0 fully saturated rings. The van der Waals surface area contributed by atoms with Crippen LogP contribution in [0, 0.1) is 0 Å². The molecule has 4 aromatic carbocycles. The third kappa shape index (κ3) is 4.16. The fourth-order valence-electron chi connectivity index (χ4n) is 4.47. The first-order valence-electron chi connectivity index (χ1n) is 11.7. The van der Waals surface area contributed by atoms with Crippen molar-refractivity contribution in [2.24, 2.45) is 4.99 Å². The van der Waals surface area contributed by atoms with Crippen LogP contribution < -0.4 is 0 Å². The topological polar surface area (TPSA) is 30.2 Å². The Labute approximate surface area is 204 Å². The number of para-hydroxylation sites is 1. The summed E-state index contributed by atoms with van der Waals surface area (Å²) in [6.07, 6.45) is 3.79. The SMILES string of the molecule is C(=Nc1ccc2ncccc2c1)c1cc(-c2ccccc2)n(-c2ccccc2)c1-c1ccccc1. The molecular weight excluding hydrogens is 426 g/mol. The monoisotopic (exact) mass is 449 g/mol. The lowest BCUT2D eigenvalue weighted by atomic mass is 10.1. The van der Waals surface area contributed by atoms with Gasteiger partial charge in [0.05, 0.1) is 22.6 Å². The van der Waals surface area contributed by atoms with E-state index in [9.17, 15) is 0 Å². The van der Waals surface area contributed by atoms with Crippen molar-refractivity contribution in [1.29, 1.82) is 0 Å². The van der Waals surface area contributed by atoms with Crippen molar-refractivity contribution in [2.45, 2.75) is 0 Å². The molecule has 0 saturated heterocycles. The highest BCUT2D eigenvalue weighted by Crippen LogP contribution is 2.35. The molecule has 0 unspecified atom stereocenters. The van der Waals surface area contributed by atoms with Gasteiger partial charge >= 0.3 is 0 Å².